The molecule has 2 heterocycles. The third kappa shape index (κ3) is 2.99. The molecule has 2 unspecified atom stereocenters. The van der Waals surface area contributed by atoms with Gasteiger partial charge in [0.25, 0.3) is 0 Å². The lowest BCUT2D eigenvalue weighted by atomic mass is 10.0. The van der Waals surface area contributed by atoms with E-state index in [-0.39, 0.29) is 5.91 Å². The second kappa shape index (κ2) is 6.13. The predicted octanol–water partition coefficient (Wildman–Crippen LogP) is 0.576. The molecule has 21 heavy (non-hydrogen) atoms. The molecular formula is C13H17N3O4S. The number of aliphatic carboxylic acids is 1. The molecule has 1 aromatic heterocycles. The Balaban J connectivity index is 2.17. The monoisotopic (exact) mass is 311 g/mol. The first-order chi connectivity index (χ1) is 9.95. The van der Waals surface area contributed by atoms with Crippen LogP contribution in [0.2, 0.25) is 0 Å². The van der Waals surface area contributed by atoms with Crippen LogP contribution in [0.3, 0.4) is 0 Å². The van der Waals surface area contributed by atoms with Crippen molar-refractivity contribution in [1.29, 1.82) is 0 Å². The Morgan fingerprint density at radius 3 is 2.81 bits per heavy atom. The number of hydrogen-bond acceptors (Lipinski definition) is 4. The Labute approximate surface area is 125 Å². The average Bonchev–Trinajstić information content (AvgIpc) is 2.92. The fourth-order valence-corrected chi connectivity index (χ4v) is 3.26. The molecule has 0 aromatic carbocycles. The Kier molecular flexibility index (Phi) is 4.46. The maximum Gasteiger partial charge on any atom is 0.331 e. The quantitative estimate of drug-likeness (QED) is 0.760. The summed E-state index contributed by atoms with van der Waals surface area (Å²) in [6.45, 7) is 1.86. The van der Waals surface area contributed by atoms with Gasteiger partial charge >= 0.3 is 12.0 Å². The van der Waals surface area contributed by atoms with Gasteiger partial charge in [-0.15, -0.1) is 11.3 Å². The van der Waals surface area contributed by atoms with Crippen LogP contribution >= 0.6 is 11.3 Å². The number of rotatable bonds is 3. The molecule has 1 aliphatic rings. The third-order valence-corrected chi connectivity index (χ3v) is 4.44. The summed E-state index contributed by atoms with van der Waals surface area (Å²) < 4.78 is 0. The number of nitrogens with one attached hydrogen (secondary N) is 2. The summed E-state index contributed by atoms with van der Waals surface area (Å²) >= 11 is 1.50. The Bertz CT molecular complexity index is 572. The minimum atomic E-state index is -1.07. The first kappa shape index (κ1) is 15.3. The second-order valence-corrected chi connectivity index (χ2v) is 5.77. The van der Waals surface area contributed by atoms with Crippen LogP contribution in [0.25, 0.3) is 0 Å². The van der Waals surface area contributed by atoms with Gasteiger partial charge in [0.15, 0.2) is 6.04 Å². The number of likely N-dealkylation sites (N-methyl/N-ethyl adjacent to an activating group) is 1. The van der Waals surface area contributed by atoms with Crippen molar-refractivity contribution in [3.63, 3.8) is 0 Å². The minimum absolute atomic E-state index is 0.316. The molecule has 114 valence electrons. The van der Waals surface area contributed by atoms with Gasteiger partial charge in [-0.05, 0) is 30.4 Å². The molecule has 1 aromatic rings. The second-order valence-electron chi connectivity index (χ2n) is 4.77. The fourth-order valence-electron chi connectivity index (χ4n) is 2.35. The zero-order valence-electron chi connectivity index (χ0n) is 11.8. The van der Waals surface area contributed by atoms with Crippen LogP contribution < -0.4 is 10.6 Å². The zero-order valence-corrected chi connectivity index (χ0v) is 12.6. The SMILES string of the molecule is CNC(=O)C(C)NC(=O)N1CCc2sccc2C1C(=O)O. The maximum atomic E-state index is 12.3. The van der Waals surface area contributed by atoms with E-state index in [1.165, 1.54) is 23.3 Å². The molecule has 7 nitrogen and oxygen atoms in total. The molecule has 2 atom stereocenters. The molecule has 3 amide bonds. The van der Waals surface area contributed by atoms with E-state index in [1.807, 2.05) is 5.38 Å². The molecule has 0 spiro atoms. The van der Waals surface area contributed by atoms with E-state index in [0.717, 1.165) is 4.88 Å². The van der Waals surface area contributed by atoms with Crippen molar-refractivity contribution in [3.05, 3.63) is 21.9 Å². The number of carboxylic acid groups (broad SMARTS) is 1. The Morgan fingerprint density at radius 2 is 2.19 bits per heavy atom. The molecule has 0 saturated carbocycles. The highest BCUT2D eigenvalue weighted by atomic mass is 32.1. The average molecular weight is 311 g/mol. The van der Waals surface area contributed by atoms with Crippen molar-refractivity contribution < 1.29 is 19.5 Å². The van der Waals surface area contributed by atoms with Crippen molar-refractivity contribution in [2.45, 2.75) is 25.4 Å². The van der Waals surface area contributed by atoms with Gasteiger partial charge in [0.2, 0.25) is 5.91 Å². The van der Waals surface area contributed by atoms with Crippen LogP contribution in [0.5, 0.6) is 0 Å². The number of carboxylic acids is 1. The van der Waals surface area contributed by atoms with Crippen molar-refractivity contribution >= 4 is 29.2 Å². The number of carbonyl (C=O) groups is 3. The van der Waals surface area contributed by atoms with Gasteiger partial charge in [0.05, 0.1) is 0 Å². The summed E-state index contributed by atoms with van der Waals surface area (Å²) in [5, 5.41) is 16.2. The van der Waals surface area contributed by atoms with E-state index >= 15 is 0 Å². The van der Waals surface area contributed by atoms with Crippen LogP contribution in [-0.2, 0) is 16.0 Å². The van der Waals surface area contributed by atoms with Gasteiger partial charge in [0, 0.05) is 18.5 Å². The first-order valence-electron chi connectivity index (χ1n) is 6.53. The van der Waals surface area contributed by atoms with E-state index in [4.69, 9.17) is 0 Å². The summed E-state index contributed by atoms with van der Waals surface area (Å²) in [6.07, 6.45) is 0.624. The molecule has 2 rings (SSSR count). The van der Waals surface area contributed by atoms with Gasteiger partial charge in [-0.2, -0.15) is 0 Å². The van der Waals surface area contributed by atoms with Crippen LogP contribution in [-0.4, -0.2) is 47.5 Å². The first-order valence-corrected chi connectivity index (χ1v) is 7.41. The van der Waals surface area contributed by atoms with Gasteiger partial charge in [-0.1, -0.05) is 0 Å². The van der Waals surface area contributed by atoms with Gasteiger partial charge in [-0.25, -0.2) is 9.59 Å². The lowest BCUT2D eigenvalue weighted by molar-refractivity contribution is -0.142. The summed E-state index contributed by atoms with van der Waals surface area (Å²) in [6, 6.07) is -0.534. The van der Waals surface area contributed by atoms with Crippen molar-refractivity contribution in [3.8, 4) is 0 Å². The molecular weight excluding hydrogens is 294 g/mol. The highest BCUT2D eigenvalue weighted by Crippen LogP contribution is 2.33. The van der Waals surface area contributed by atoms with Crippen LogP contribution in [0.1, 0.15) is 23.4 Å². The van der Waals surface area contributed by atoms with Crippen LogP contribution in [0.4, 0.5) is 4.79 Å². The standard InChI is InChI=1S/C13H17N3O4S/c1-7(11(17)14-2)15-13(20)16-5-3-9-8(4-6-21-9)10(16)12(18)19/h4,6-7,10H,3,5H2,1-2H3,(H,14,17)(H,15,20)(H,18,19). The van der Waals surface area contributed by atoms with E-state index in [0.29, 0.717) is 18.5 Å². The lowest BCUT2D eigenvalue weighted by Crippen LogP contribution is -2.52. The molecule has 1 aliphatic heterocycles. The summed E-state index contributed by atoms with van der Waals surface area (Å²) in [5.74, 6) is -1.40. The van der Waals surface area contributed by atoms with Crippen LogP contribution in [0.15, 0.2) is 11.4 Å². The number of urea groups is 1. The zero-order chi connectivity index (χ0) is 15.6. The summed E-state index contributed by atoms with van der Waals surface area (Å²) in [5.41, 5.74) is 0.654. The fraction of sp³-hybridized carbons (Fsp3) is 0.462. The third-order valence-electron chi connectivity index (χ3n) is 3.44. The number of amides is 3. The molecule has 3 N–H and O–H groups in total. The molecule has 0 fully saturated rings. The number of fused-ring (bicyclic) bond motifs is 1. The van der Waals surface area contributed by atoms with Crippen molar-refractivity contribution in [2.24, 2.45) is 0 Å². The van der Waals surface area contributed by atoms with Crippen molar-refractivity contribution in [1.82, 2.24) is 15.5 Å². The molecule has 0 bridgehead atoms. The van der Waals surface area contributed by atoms with E-state index in [9.17, 15) is 19.5 Å². The molecule has 0 saturated heterocycles. The largest absolute Gasteiger partial charge is 0.479 e. The smallest absolute Gasteiger partial charge is 0.331 e. The number of hydrogen-bond donors (Lipinski definition) is 3. The number of thiophene rings is 1. The van der Waals surface area contributed by atoms with Gasteiger partial charge in [-0.3, -0.25) is 4.79 Å². The molecule has 0 radical (unpaired) electrons. The summed E-state index contributed by atoms with van der Waals surface area (Å²) in [7, 11) is 1.48. The van der Waals surface area contributed by atoms with Gasteiger partial charge in [0.1, 0.15) is 6.04 Å². The van der Waals surface area contributed by atoms with E-state index in [2.05, 4.69) is 10.6 Å². The van der Waals surface area contributed by atoms with Gasteiger partial charge < -0.3 is 20.6 Å². The summed E-state index contributed by atoms with van der Waals surface area (Å²) in [4.78, 5) is 37.5. The topological polar surface area (TPSA) is 98.7 Å². The molecule has 8 heteroatoms. The number of carbonyl (C=O) groups excluding carboxylic acids is 2. The number of nitrogens with zero attached hydrogens (tertiary/aromatic N) is 1. The lowest BCUT2D eigenvalue weighted by Gasteiger charge is -2.33. The molecule has 0 aliphatic carbocycles. The Hall–Kier alpha value is -2.09. The van der Waals surface area contributed by atoms with Crippen molar-refractivity contribution in [2.75, 3.05) is 13.6 Å². The highest BCUT2D eigenvalue weighted by Gasteiger charge is 2.37. The van der Waals surface area contributed by atoms with Crippen LogP contribution in [0, 0.1) is 0 Å². The van der Waals surface area contributed by atoms with E-state index in [1.54, 1.807) is 13.0 Å². The predicted molar refractivity (Wildman–Crippen MR) is 77.2 cm³/mol. The Morgan fingerprint density at radius 1 is 1.48 bits per heavy atom. The normalized spacial score (nSPS) is 18.6. The maximum absolute atomic E-state index is 12.3. The highest BCUT2D eigenvalue weighted by molar-refractivity contribution is 7.10. The minimum Gasteiger partial charge on any atom is -0.479 e. The van der Waals surface area contributed by atoms with E-state index < -0.39 is 24.1 Å².